The van der Waals surface area contributed by atoms with Crippen LogP contribution in [0, 0.1) is 11.8 Å². The van der Waals surface area contributed by atoms with Crippen molar-refractivity contribution in [3.63, 3.8) is 0 Å². The van der Waals surface area contributed by atoms with Gasteiger partial charge in [0.1, 0.15) is 5.60 Å². The number of nitrogens with zero attached hydrogens (tertiary/aromatic N) is 1. The zero-order valence-electron chi connectivity index (χ0n) is 52.3. The number of unbranched alkanes of at least 4 members (excludes halogenated alkanes) is 20. The molecule has 75 heavy (non-hydrogen) atoms. The first kappa shape index (κ1) is 77.3. The predicted molar refractivity (Wildman–Crippen MR) is 322 cm³/mol. The van der Waals surface area contributed by atoms with Gasteiger partial charge in [-0.1, -0.05) is 235 Å². The van der Waals surface area contributed by atoms with Crippen LogP contribution in [0.3, 0.4) is 0 Å². The fourth-order valence-electron chi connectivity index (χ4n) is 9.23. The average Bonchev–Trinajstić information content (AvgIpc) is 3.37. The SMILES string of the molecule is CCCCC.CCCCC.CCCCCC(CCCCC)CCCOC(=O)CCCCCCCN(CCCCCCCC(=O)OCCCC(CCCCC)CCCCC)CCOCCOCCNC(=O)OC(C)(C)C. The van der Waals surface area contributed by atoms with E-state index in [0.717, 1.165) is 109 Å². The lowest BCUT2D eigenvalue weighted by Crippen LogP contribution is -2.34. The van der Waals surface area contributed by atoms with Gasteiger partial charge in [-0.25, -0.2) is 4.79 Å². The first-order chi connectivity index (χ1) is 36.4. The molecule has 0 aliphatic carbocycles. The van der Waals surface area contributed by atoms with Gasteiger partial charge in [-0.05, 0) is 97.1 Å². The Morgan fingerprint density at radius 1 is 0.373 bits per heavy atom. The van der Waals surface area contributed by atoms with E-state index in [9.17, 15) is 14.4 Å². The van der Waals surface area contributed by atoms with E-state index < -0.39 is 11.7 Å². The second-order valence-corrected chi connectivity index (χ2v) is 22.7. The summed E-state index contributed by atoms with van der Waals surface area (Å²) in [6, 6.07) is 0. The summed E-state index contributed by atoms with van der Waals surface area (Å²) in [5.74, 6) is 1.51. The number of nitrogens with one attached hydrogen (secondary N) is 1. The summed E-state index contributed by atoms with van der Waals surface area (Å²) >= 11 is 0. The molecule has 450 valence electrons. The summed E-state index contributed by atoms with van der Waals surface area (Å²) in [7, 11) is 0. The number of alkyl carbamates (subject to hydrolysis) is 1. The second-order valence-electron chi connectivity index (χ2n) is 22.7. The van der Waals surface area contributed by atoms with Crippen LogP contribution in [0.15, 0.2) is 0 Å². The quantitative estimate of drug-likeness (QED) is 0.0361. The zero-order valence-corrected chi connectivity index (χ0v) is 52.3. The Kier molecular flexibility index (Phi) is 64.9. The van der Waals surface area contributed by atoms with Crippen LogP contribution in [0.4, 0.5) is 4.79 Å². The van der Waals surface area contributed by atoms with Gasteiger partial charge in [-0.15, -0.1) is 0 Å². The van der Waals surface area contributed by atoms with Crippen molar-refractivity contribution in [2.24, 2.45) is 11.8 Å². The molecule has 10 nitrogen and oxygen atoms in total. The van der Waals surface area contributed by atoms with Gasteiger partial charge in [0.25, 0.3) is 0 Å². The minimum Gasteiger partial charge on any atom is -0.466 e. The van der Waals surface area contributed by atoms with Crippen LogP contribution in [-0.2, 0) is 33.3 Å². The molecular weight excluding hydrogens is 937 g/mol. The fraction of sp³-hybridized carbons (Fsp3) is 0.954. The molecule has 0 heterocycles. The number of carbonyl (C=O) groups is 3. The second kappa shape index (κ2) is 62.9. The van der Waals surface area contributed by atoms with E-state index in [-0.39, 0.29) is 11.9 Å². The maximum absolute atomic E-state index is 12.4. The van der Waals surface area contributed by atoms with Crippen molar-refractivity contribution >= 4 is 18.0 Å². The van der Waals surface area contributed by atoms with E-state index in [2.05, 4.69) is 65.6 Å². The standard InChI is InChI=1S/C55H108N2O8.2C5H12/c1-8-12-22-32-50(33-23-13-9-2)36-30-44-63-52(58)38-26-18-16-20-28-41-57(43-47-62-49-48-61-46-40-56-54(60)65-55(5,6)7)42-29-21-17-19-27-39-53(59)64-45-31-37-51(34-24-14-10-3)35-25-15-11-4;2*1-3-5-4-2/h50-51H,8-49H2,1-7H3,(H,56,60);2*3-5H2,1-2H3. The molecular formula is C65H132N2O8. The van der Waals surface area contributed by atoms with Gasteiger partial charge in [0.15, 0.2) is 0 Å². The largest absolute Gasteiger partial charge is 0.466 e. The molecule has 1 N–H and O–H groups in total. The van der Waals surface area contributed by atoms with Gasteiger partial charge in [0, 0.05) is 25.9 Å². The van der Waals surface area contributed by atoms with Crippen LogP contribution in [0.1, 0.15) is 320 Å². The van der Waals surface area contributed by atoms with E-state index >= 15 is 0 Å². The minimum absolute atomic E-state index is 0.0302. The molecule has 0 aliphatic heterocycles. The van der Waals surface area contributed by atoms with Gasteiger partial charge in [0.05, 0.1) is 39.6 Å². The van der Waals surface area contributed by atoms with Gasteiger partial charge in [-0.3, -0.25) is 9.59 Å². The number of carbonyl (C=O) groups excluding carboxylic acids is 3. The Labute approximate surface area is 467 Å². The Balaban J connectivity index is -0.00000469. The monoisotopic (exact) mass is 1070 g/mol. The lowest BCUT2D eigenvalue weighted by Gasteiger charge is -2.22. The highest BCUT2D eigenvalue weighted by Gasteiger charge is 2.16. The van der Waals surface area contributed by atoms with Crippen molar-refractivity contribution in [3.05, 3.63) is 0 Å². The molecule has 0 unspecified atom stereocenters. The molecule has 0 bridgehead atoms. The van der Waals surface area contributed by atoms with E-state index in [1.54, 1.807) is 0 Å². The Morgan fingerprint density at radius 3 is 1.08 bits per heavy atom. The fourth-order valence-corrected chi connectivity index (χ4v) is 9.23. The van der Waals surface area contributed by atoms with E-state index in [1.165, 1.54) is 154 Å². The summed E-state index contributed by atoms with van der Waals surface area (Å²) in [4.78, 5) is 39.2. The third-order valence-electron chi connectivity index (χ3n) is 13.9. The minimum atomic E-state index is -0.518. The maximum atomic E-state index is 12.4. The Hall–Kier alpha value is -1.91. The molecule has 0 aromatic rings. The van der Waals surface area contributed by atoms with Gasteiger partial charge in [-0.2, -0.15) is 0 Å². The molecule has 0 atom stereocenters. The van der Waals surface area contributed by atoms with E-state index in [0.29, 0.717) is 59.0 Å². The molecule has 0 aromatic carbocycles. The molecule has 0 saturated heterocycles. The molecule has 0 fully saturated rings. The van der Waals surface area contributed by atoms with Crippen molar-refractivity contribution in [1.29, 1.82) is 0 Å². The molecule has 0 aromatic heterocycles. The summed E-state index contributed by atoms with van der Waals surface area (Å²) in [6.07, 6.45) is 44.9. The number of amides is 1. The number of rotatable bonds is 53. The number of hydrogen-bond donors (Lipinski definition) is 1. The highest BCUT2D eigenvalue weighted by Crippen LogP contribution is 2.24. The van der Waals surface area contributed by atoms with E-state index in [4.69, 9.17) is 23.7 Å². The van der Waals surface area contributed by atoms with Crippen LogP contribution in [-0.4, -0.2) is 94.4 Å². The molecule has 0 saturated carbocycles. The van der Waals surface area contributed by atoms with Crippen LogP contribution in [0.2, 0.25) is 0 Å². The number of ether oxygens (including phenoxy) is 5. The van der Waals surface area contributed by atoms with Gasteiger partial charge >= 0.3 is 18.0 Å². The topological polar surface area (TPSA) is 113 Å². The highest BCUT2D eigenvalue weighted by atomic mass is 16.6. The van der Waals surface area contributed by atoms with Gasteiger partial charge < -0.3 is 33.9 Å². The summed E-state index contributed by atoms with van der Waals surface area (Å²) in [5.41, 5.74) is -0.518. The molecule has 1 amide bonds. The maximum Gasteiger partial charge on any atom is 0.407 e. The van der Waals surface area contributed by atoms with E-state index in [1.807, 2.05) is 20.8 Å². The van der Waals surface area contributed by atoms with Crippen molar-refractivity contribution < 1.29 is 38.1 Å². The molecule has 10 heteroatoms. The van der Waals surface area contributed by atoms with Crippen LogP contribution < -0.4 is 5.32 Å². The first-order valence-corrected chi connectivity index (χ1v) is 32.5. The van der Waals surface area contributed by atoms with Crippen LogP contribution in [0.5, 0.6) is 0 Å². The molecule has 0 spiro atoms. The summed E-state index contributed by atoms with van der Waals surface area (Å²) in [6.45, 7) is 30.0. The lowest BCUT2D eigenvalue weighted by molar-refractivity contribution is -0.144. The van der Waals surface area contributed by atoms with Crippen LogP contribution in [0.25, 0.3) is 0 Å². The Morgan fingerprint density at radius 2 is 0.720 bits per heavy atom. The van der Waals surface area contributed by atoms with Crippen molar-refractivity contribution in [2.45, 2.75) is 326 Å². The normalized spacial score (nSPS) is 11.4. The summed E-state index contributed by atoms with van der Waals surface area (Å²) in [5, 5.41) is 2.71. The van der Waals surface area contributed by atoms with Crippen molar-refractivity contribution in [3.8, 4) is 0 Å². The summed E-state index contributed by atoms with van der Waals surface area (Å²) < 4.78 is 28.1. The number of esters is 2. The predicted octanol–water partition coefficient (Wildman–Crippen LogP) is 19.1. The molecule has 0 aliphatic rings. The van der Waals surface area contributed by atoms with Crippen LogP contribution >= 0.6 is 0 Å². The third-order valence-corrected chi connectivity index (χ3v) is 13.9. The first-order valence-electron chi connectivity index (χ1n) is 32.5. The Bertz CT molecular complexity index is 1060. The number of hydrogen-bond acceptors (Lipinski definition) is 9. The van der Waals surface area contributed by atoms with Crippen molar-refractivity contribution in [1.82, 2.24) is 10.2 Å². The molecule has 0 rings (SSSR count). The highest BCUT2D eigenvalue weighted by molar-refractivity contribution is 5.69. The smallest absolute Gasteiger partial charge is 0.407 e. The zero-order chi connectivity index (χ0) is 56.1. The molecule has 0 radical (unpaired) electrons. The lowest BCUT2D eigenvalue weighted by atomic mass is 9.91. The third kappa shape index (κ3) is 66.3. The van der Waals surface area contributed by atoms with Gasteiger partial charge in [0.2, 0.25) is 0 Å². The van der Waals surface area contributed by atoms with Crippen molar-refractivity contribution in [2.75, 3.05) is 65.8 Å². The average molecular weight is 1070 g/mol.